The molecule has 230 valence electrons. The lowest BCUT2D eigenvalue weighted by Gasteiger charge is -2.51. The van der Waals surface area contributed by atoms with E-state index in [2.05, 4.69) is 9.71 Å². The lowest BCUT2D eigenvalue weighted by atomic mass is 9.83. The maximum Gasteiger partial charge on any atom is 0.430 e. The third-order valence-corrected chi connectivity index (χ3v) is 9.64. The van der Waals surface area contributed by atoms with E-state index in [4.69, 9.17) is 14.6 Å². The van der Waals surface area contributed by atoms with Crippen molar-refractivity contribution in [3.8, 4) is 0 Å². The second-order valence-corrected chi connectivity index (χ2v) is 12.9. The number of sulfonamides is 1. The van der Waals surface area contributed by atoms with E-state index in [1.54, 1.807) is 60.1 Å². The third-order valence-electron chi connectivity index (χ3n) is 7.39. The number of carbonyl (C=O) groups excluding carboxylic acids is 3. The van der Waals surface area contributed by atoms with Crippen molar-refractivity contribution in [2.24, 2.45) is 5.92 Å². The van der Waals surface area contributed by atoms with Gasteiger partial charge in [0.25, 0.3) is 0 Å². The minimum absolute atomic E-state index is 0.00760. The molecule has 2 unspecified atom stereocenters. The molecule has 0 aliphatic carbocycles. The van der Waals surface area contributed by atoms with Gasteiger partial charge < -0.3 is 19.1 Å². The van der Waals surface area contributed by atoms with Crippen LogP contribution < -0.4 is 9.83 Å². The van der Waals surface area contributed by atoms with Crippen LogP contribution in [0, 0.1) is 5.92 Å². The first kappa shape index (κ1) is 32.3. The fourth-order valence-corrected chi connectivity index (χ4v) is 7.01. The van der Waals surface area contributed by atoms with Crippen molar-refractivity contribution in [1.29, 1.82) is 0 Å². The van der Waals surface area contributed by atoms with Gasteiger partial charge in [0.05, 0.1) is 18.0 Å². The molecule has 15 heteroatoms. The Morgan fingerprint density at radius 1 is 1.05 bits per heavy atom. The van der Waals surface area contributed by atoms with E-state index in [0.29, 0.717) is 28.1 Å². The predicted octanol–water partition coefficient (Wildman–Crippen LogP) is 2.50. The van der Waals surface area contributed by atoms with Gasteiger partial charge in [0.2, 0.25) is 15.8 Å². The first-order valence-corrected chi connectivity index (χ1v) is 15.5. The lowest BCUT2D eigenvalue weighted by molar-refractivity contribution is -0.938. The van der Waals surface area contributed by atoms with Crippen molar-refractivity contribution >= 4 is 39.1 Å². The maximum atomic E-state index is 13.5. The van der Waals surface area contributed by atoms with Crippen molar-refractivity contribution in [1.82, 2.24) is 9.71 Å². The number of hydrogen-bond donors (Lipinski definition) is 1. The van der Waals surface area contributed by atoms with E-state index >= 15 is 0 Å². The van der Waals surface area contributed by atoms with E-state index in [1.807, 2.05) is 0 Å². The summed E-state index contributed by atoms with van der Waals surface area (Å²) >= 11 is 1.34. The normalized spacial score (nSPS) is 22.1. The van der Waals surface area contributed by atoms with Crippen molar-refractivity contribution in [3.05, 3.63) is 82.8 Å². The number of ether oxygens (including phenoxy) is 1. The van der Waals surface area contributed by atoms with E-state index < -0.39 is 34.2 Å². The minimum Gasteiger partial charge on any atom is -0.542 e. The topological polar surface area (TPSA) is 143 Å². The van der Waals surface area contributed by atoms with Gasteiger partial charge >= 0.3 is 12.1 Å². The van der Waals surface area contributed by atoms with E-state index in [1.165, 1.54) is 23.5 Å². The van der Waals surface area contributed by atoms with Crippen LogP contribution in [-0.2, 0) is 24.3 Å². The number of carboxylic acids is 1. The molecule has 4 heterocycles. The average molecular weight is 640 g/mol. The van der Waals surface area contributed by atoms with Crippen LogP contribution in [-0.4, -0.2) is 74.1 Å². The lowest BCUT2D eigenvalue weighted by Crippen LogP contribution is -2.66. The Hall–Kier alpha value is -3.66. The molecule has 0 amide bonds. The summed E-state index contributed by atoms with van der Waals surface area (Å²) in [7, 11) is -3.96. The number of carbonyl (C=O) groups is 3. The van der Waals surface area contributed by atoms with Crippen molar-refractivity contribution < 1.29 is 50.3 Å². The average Bonchev–Trinajstić information content (AvgIpc) is 3.53. The number of fused-ring (bicyclic) bond motifs is 3. The number of thiazole rings is 1. The van der Waals surface area contributed by atoms with Crippen LogP contribution in [0.4, 0.5) is 13.2 Å². The quantitative estimate of drug-likeness (QED) is 0.214. The number of nitrogens with one attached hydrogen (secondary N) is 1. The highest BCUT2D eigenvalue weighted by atomic mass is 32.2. The van der Waals surface area contributed by atoms with E-state index in [0.717, 1.165) is 25.9 Å². The van der Waals surface area contributed by atoms with Crippen LogP contribution in [0.3, 0.4) is 0 Å². The number of carboxylic acid groups (broad SMARTS) is 1. The van der Waals surface area contributed by atoms with Gasteiger partial charge in [0, 0.05) is 30.3 Å². The molecular formula is C28H28F3N3O7S2. The number of aliphatic carboxylic acids is 1. The highest BCUT2D eigenvalue weighted by Crippen LogP contribution is 2.36. The number of hydrogen-bond acceptors (Lipinski definition) is 9. The van der Waals surface area contributed by atoms with Crippen molar-refractivity contribution in [2.45, 2.75) is 36.1 Å². The number of Topliss-reactive ketones (excluding diaryl/α,β-unsaturated/α-hetero) is 1. The molecule has 2 aromatic carbocycles. The highest BCUT2D eigenvalue weighted by molar-refractivity contribution is 7.89. The van der Waals surface area contributed by atoms with Crippen LogP contribution in [0.25, 0.3) is 0 Å². The van der Waals surface area contributed by atoms with Gasteiger partial charge in [-0.2, -0.15) is 17.9 Å². The standard InChI is InChI=1S/C26H28N3O5S2.C2HF3O2/c30-22(25-27-13-16-35-25)17-29-14-11-19(12-15-29)23(18-29)34-26(31)24(20-7-3-1-4-8-20)28-36(32,33)21-9-5-2-6-10-21;3-2(4,5)1(6)7/h1-10,13,16,19,23-24,28H,11-12,14-15,17-18H2;(H,6,7)/q+1;/p-1. The smallest absolute Gasteiger partial charge is 0.430 e. The molecule has 2 atom stereocenters. The number of esters is 1. The van der Waals surface area contributed by atoms with Gasteiger partial charge in [-0.25, -0.2) is 18.2 Å². The first-order valence-electron chi connectivity index (χ1n) is 13.2. The molecule has 0 saturated carbocycles. The Labute approximate surface area is 249 Å². The van der Waals surface area contributed by atoms with Gasteiger partial charge in [-0.05, 0) is 17.7 Å². The number of halogens is 3. The molecule has 1 aromatic heterocycles. The van der Waals surface area contributed by atoms with Crippen LogP contribution in [0.15, 0.2) is 77.1 Å². The summed E-state index contributed by atoms with van der Waals surface area (Å²) in [6.45, 7) is 2.59. The van der Waals surface area contributed by atoms with E-state index in [9.17, 15) is 31.2 Å². The number of aromatic nitrogens is 1. The first-order chi connectivity index (χ1) is 20.3. The number of piperidine rings is 3. The molecule has 3 aliphatic rings. The molecule has 3 aromatic rings. The Kier molecular flexibility index (Phi) is 10.00. The summed E-state index contributed by atoms with van der Waals surface area (Å²) in [5.74, 6) is -3.43. The van der Waals surface area contributed by atoms with Gasteiger partial charge in [0.1, 0.15) is 25.1 Å². The van der Waals surface area contributed by atoms with Gasteiger partial charge in [-0.15, -0.1) is 11.3 Å². The summed E-state index contributed by atoms with van der Waals surface area (Å²) in [5.41, 5.74) is 0.506. The van der Waals surface area contributed by atoms with Crippen LogP contribution >= 0.6 is 11.3 Å². The largest absolute Gasteiger partial charge is 0.542 e. The monoisotopic (exact) mass is 639 g/mol. The summed E-state index contributed by atoms with van der Waals surface area (Å²) in [5, 5.41) is 11.1. The number of rotatable bonds is 9. The molecule has 3 aliphatic heterocycles. The van der Waals surface area contributed by atoms with Crippen LogP contribution in [0.1, 0.15) is 34.2 Å². The third kappa shape index (κ3) is 8.25. The number of nitrogens with zero attached hydrogens (tertiary/aromatic N) is 2. The molecule has 0 radical (unpaired) electrons. The summed E-state index contributed by atoms with van der Waals surface area (Å²) < 4.78 is 66.8. The van der Waals surface area contributed by atoms with Crippen LogP contribution in [0.5, 0.6) is 0 Å². The van der Waals surface area contributed by atoms with Gasteiger partial charge in [-0.1, -0.05) is 48.5 Å². The fourth-order valence-electron chi connectivity index (χ4n) is 5.25. The molecular weight excluding hydrogens is 611 g/mol. The molecule has 2 bridgehead atoms. The molecule has 1 N–H and O–H groups in total. The van der Waals surface area contributed by atoms with Gasteiger partial charge in [0.15, 0.2) is 11.1 Å². The molecule has 0 spiro atoms. The Morgan fingerprint density at radius 2 is 1.63 bits per heavy atom. The molecule has 6 rings (SSSR count). The number of ketones is 1. The number of benzene rings is 2. The maximum absolute atomic E-state index is 13.5. The Bertz CT molecular complexity index is 1510. The molecule has 3 saturated heterocycles. The summed E-state index contributed by atoms with van der Waals surface area (Å²) in [6, 6.07) is 15.5. The summed E-state index contributed by atoms with van der Waals surface area (Å²) in [4.78, 5) is 39.3. The Morgan fingerprint density at radius 3 is 2.16 bits per heavy atom. The van der Waals surface area contributed by atoms with Gasteiger partial charge in [-0.3, -0.25) is 4.79 Å². The zero-order chi connectivity index (χ0) is 31.3. The zero-order valence-corrected chi connectivity index (χ0v) is 24.2. The Balaban J connectivity index is 0.000000541. The molecule has 43 heavy (non-hydrogen) atoms. The molecule has 10 nitrogen and oxygen atoms in total. The van der Waals surface area contributed by atoms with Crippen molar-refractivity contribution in [2.75, 3.05) is 26.2 Å². The molecule has 3 fully saturated rings. The highest BCUT2D eigenvalue weighted by Gasteiger charge is 2.49. The number of alkyl halides is 3. The predicted molar refractivity (Wildman–Crippen MR) is 146 cm³/mol. The summed E-state index contributed by atoms with van der Waals surface area (Å²) in [6.07, 6.45) is -2.23. The van der Waals surface area contributed by atoms with Crippen molar-refractivity contribution in [3.63, 3.8) is 0 Å². The zero-order valence-electron chi connectivity index (χ0n) is 22.6. The second kappa shape index (κ2) is 13.3. The number of quaternary nitrogens is 1. The van der Waals surface area contributed by atoms with E-state index in [-0.39, 0.29) is 22.7 Å². The SMILES string of the molecule is O=C(C[N+]12CCC(CC1)C(OC(=O)C(NS(=O)(=O)c1ccccc1)c1ccccc1)C2)c1nccs1.O=C([O-])C(F)(F)F. The minimum atomic E-state index is -5.19. The van der Waals surface area contributed by atoms with Crippen LogP contribution in [0.2, 0.25) is 0 Å². The fraction of sp³-hybridized carbons (Fsp3) is 0.357. The second-order valence-electron chi connectivity index (χ2n) is 10.3.